The molecule has 0 spiro atoms. The smallest absolute Gasteiger partial charge is 0.264 e. The molecule has 0 amide bonds. The van der Waals surface area contributed by atoms with Gasteiger partial charge in [-0.05, 0) is 49.1 Å². The second kappa shape index (κ2) is 6.53. The summed E-state index contributed by atoms with van der Waals surface area (Å²) in [5.74, 6) is 0.612. The number of rotatable bonds is 6. The van der Waals surface area contributed by atoms with Crippen molar-refractivity contribution in [1.29, 1.82) is 0 Å². The summed E-state index contributed by atoms with van der Waals surface area (Å²) in [5, 5.41) is 0. The second-order valence-electron chi connectivity index (χ2n) is 5.47. The monoisotopic (exact) mass is 282 g/mol. The van der Waals surface area contributed by atoms with Crippen LogP contribution >= 0.6 is 0 Å². The highest BCUT2D eigenvalue weighted by Crippen LogP contribution is 2.33. The molecular weight excluding hydrogens is 260 g/mol. The molecule has 0 aliphatic heterocycles. The minimum Gasteiger partial charge on any atom is -0.286 e. The lowest BCUT2D eigenvalue weighted by molar-refractivity contribution is 0.480. The predicted octanol–water partition coefficient (Wildman–Crippen LogP) is 3.55. The molecule has 0 unspecified atom stereocenters. The Kier molecular flexibility index (Phi) is 4.99. The quantitative estimate of drug-likeness (QED) is 0.641. The van der Waals surface area contributed by atoms with Gasteiger partial charge in [0.2, 0.25) is 0 Å². The molecule has 0 atom stereocenters. The van der Waals surface area contributed by atoms with Crippen LogP contribution in [0.2, 0.25) is 0 Å². The molecule has 1 aliphatic rings. The maximum atomic E-state index is 10.6. The number of unbranched alkanes of at least 4 members (excludes halogenated alkanes) is 1. The summed E-state index contributed by atoms with van der Waals surface area (Å²) in [6.45, 7) is 0. The molecule has 1 aromatic carbocycles. The van der Waals surface area contributed by atoms with Crippen molar-refractivity contribution in [3.05, 3.63) is 35.4 Å². The summed E-state index contributed by atoms with van der Waals surface area (Å²) >= 11 is 0. The van der Waals surface area contributed by atoms with E-state index in [0.29, 0.717) is 6.42 Å². The molecule has 1 N–H and O–H groups in total. The van der Waals surface area contributed by atoms with Crippen LogP contribution in [0.25, 0.3) is 0 Å². The molecule has 1 aliphatic carbocycles. The topological polar surface area (TPSA) is 54.4 Å². The lowest BCUT2D eigenvalue weighted by atomic mass is 9.96. The third-order valence-electron chi connectivity index (χ3n) is 3.92. The van der Waals surface area contributed by atoms with E-state index in [1.54, 1.807) is 0 Å². The maximum Gasteiger partial charge on any atom is 0.264 e. The Morgan fingerprint density at radius 1 is 1.05 bits per heavy atom. The maximum absolute atomic E-state index is 10.6. The van der Waals surface area contributed by atoms with Crippen LogP contribution in [0.4, 0.5) is 0 Å². The molecule has 0 saturated heterocycles. The van der Waals surface area contributed by atoms with E-state index in [1.165, 1.54) is 36.8 Å². The SMILES string of the molecule is O=S(=O)(O)CCCCc1ccc(C2CCCC2)cc1. The summed E-state index contributed by atoms with van der Waals surface area (Å²) in [7, 11) is -3.80. The van der Waals surface area contributed by atoms with E-state index >= 15 is 0 Å². The number of hydrogen-bond acceptors (Lipinski definition) is 2. The highest BCUT2D eigenvalue weighted by atomic mass is 32.2. The van der Waals surface area contributed by atoms with Crippen LogP contribution in [-0.4, -0.2) is 18.7 Å². The van der Waals surface area contributed by atoms with Gasteiger partial charge in [0.15, 0.2) is 0 Å². The summed E-state index contributed by atoms with van der Waals surface area (Å²) in [6, 6.07) is 8.74. The standard InChI is InChI=1S/C15H22O3S/c16-19(17,18)12-4-3-5-13-8-10-15(11-9-13)14-6-1-2-7-14/h8-11,14H,1-7,12H2,(H,16,17,18). The zero-order valence-electron chi connectivity index (χ0n) is 11.2. The summed E-state index contributed by atoms with van der Waals surface area (Å²) < 4.78 is 29.8. The van der Waals surface area contributed by atoms with Gasteiger partial charge in [0.1, 0.15) is 0 Å². The van der Waals surface area contributed by atoms with Crippen LogP contribution in [0.15, 0.2) is 24.3 Å². The second-order valence-corrected chi connectivity index (χ2v) is 7.04. The molecule has 4 heteroatoms. The van der Waals surface area contributed by atoms with E-state index in [9.17, 15) is 8.42 Å². The Morgan fingerprint density at radius 2 is 1.68 bits per heavy atom. The highest BCUT2D eigenvalue weighted by Gasteiger charge is 2.16. The van der Waals surface area contributed by atoms with Crippen LogP contribution in [-0.2, 0) is 16.5 Å². The summed E-state index contributed by atoms with van der Waals surface area (Å²) in [4.78, 5) is 0. The first-order chi connectivity index (χ1) is 9.04. The third-order valence-corrected chi connectivity index (χ3v) is 4.73. The number of benzene rings is 1. The molecule has 0 radical (unpaired) electrons. The Labute approximate surface area is 115 Å². The average Bonchev–Trinajstić information content (AvgIpc) is 2.88. The number of hydrogen-bond donors (Lipinski definition) is 1. The molecule has 106 valence electrons. The molecule has 19 heavy (non-hydrogen) atoms. The minimum absolute atomic E-state index is 0.132. The molecular formula is C15H22O3S. The van der Waals surface area contributed by atoms with Crippen molar-refractivity contribution in [2.45, 2.75) is 50.9 Å². The fourth-order valence-electron chi connectivity index (χ4n) is 2.83. The van der Waals surface area contributed by atoms with E-state index in [1.807, 2.05) is 0 Å². The van der Waals surface area contributed by atoms with Crippen molar-refractivity contribution < 1.29 is 13.0 Å². The lowest BCUT2D eigenvalue weighted by Gasteiger charge is -2.10. The van der Waals surface area contributed by atoms with Gasteiger partial charge in [-0.2, -0.15) is 8.42 Å². The van der Waals surface area contributed by atoms with Gasteiger partial charge in [-0.15, -0.1) is 0 Å². The Hall–Kier alpha value is -0.870. The first-order valence-electron chi connectivity index (χ1n) is 7.08. The highest BCUT2D eigenvalue weighted by molar-refractivity contribution is 7.85. The van der Waals surface area contributed by atoms with E-state index < -0.39 is 10.1 Å². The Bertz CT molecular complexity index is 485. The first kappa shape index (κ1) is 14.5. The Balaban J connectivity index is 1.78. The van der Waals surface area contributed by atoms with E-state index in [-0.39, 0.29) is 5.75 Å². The van der Waals surface area contributed by atoms with Gasteiger partial charge in [0, 0.05) is 0 Å². The van der Waals surface area contributed by atoms with Gasteiger partial charge in [-0.3, -0.25) is 4.55 Å². The molecule has 0 bridgehead atoms. The molecule has 1 aromatic rings. The molecule has 1 fully saturated rings. The van der Waals surface area contributed by atoms with Crippen molar-refractivity contribution in [3.63, 3.8) is 0 Å². The van der Waals surface area contributed by atoms with Crippen molar-refractivity contribution in [1.82, 2.24) is 0 Å². The van der Waals surface area contributed by atoms with Crippen LogP contribution < -0.4 is 0 Å². The summed E-state index contributed by atoms with van der Waals surface area (Å²) in [6.07, 6.45) is 7.51. The minimum atomic E-state index is -3.80. The van der Waals surface area contributed by atoms with Crippen LogP contribution in [0.5, 0.6) is 0 Å². The van der Waals surface area contributed by atoms with Crippen molar-refractivity contribution >= 4 is 10.1 Å². The normalized spacial score (nSPS) is 16.9. The fraction of sp³-hybridized carbons (Fsp3) is 0.600. The lowest BCUT2D eigenvalue weighted by Crippen LogP contribution is -2.03. The zero-order chi connectivity index (χ0) is 13.7. The third kappa shape index (κ3) is 4.96. The van der Waals surface area contributed by atoms with Crippen molar-refractivity contribution in [3.8, 4) is 0 Å². The van der Waals surface area contributed by atoms with E-state index in [2.05, 4.69) is 24.3 Å². The van der Waals surface area contributed by atoms with E-state index in [4.69, 9.17) is 4.55 Å². The molecule has 1 saturated carbocycles. The number of aryl methyl sites for hydroxylation is 1. The molecule has 0 heterocycles. The van der Waals surface area contributed by atoms with E-state index in [0.717, 1.165) is 18.8 Å². The van der Waals surface area contributed by atoms with Gasteiger partial charge in [0.05, 0.1) is 5.75 Å². The van der Waals surface area contributed by atoms with Crippen LogP contribution in [0, 0.1) is 0 Å². The van der Waals surface area contributed by atoms with Crippen molar-refractivity contribution in [2.75, 3.05) is 5.75 Å². The van der Waals surface area contributed by atoms with Gasteiger partial charge in [0.25, 0.3) is 10.1 Å². The van der Waals surface area contributed by atoms with Gasteiger partial charge in [-0.1, -0.05) is 37.1 Å². The molecule has 0 aromatic heterocycles. The van der Waals surface area contributed by atoms with Gasteiger partial charge < -0.3 is 0 Å². The van der Waals surface area contributed by atoms with Gasteiger partial charge >= 0.3 is 0 Å². The predicted molar refractivity (Wildman–Crippen MR) is 77.0 cm³/mol. The van der Waals surface area contributed by atoms with Crippen LogP contribution in [0.1, 0.15) is 55.6 Å². The molecule has 2 rings (SSSR count). The molecule has 3 nitrogen and oxygen atoms in total. The largest absolute Gasteiger partial charge is 0.286 e. The first-order valence-corrected chi connectivity index (χ1v) is 8.69. The van der Waals surface area contributed by atoms with Gasteiger partial charge in [-0.25, -0.2) is 0 Å². The van der Waals surface area contributed by atoms with Crippen molar-refractivity contribution in [2.24, 2.45) is 0 Å². The fourth-order valence-corrected chi connectivity index (χ4v) is 3.40. The Morgan fingerprint density at radius 3 is 2.26 bits per heavy atom. The zero-order valence-corrected chi connectivity index (χ0v) is 12.0. The average molecular weight is 282 g/mol. The van der Waals surface area contributed by atoms with Crippen LogP contribution in [0.3, 0.4) is 0 Å². The summed E-state index contributed by atoms with van der Waals surface area (Å²) in [5.41, 5.74) is 2.69.